The molecule has 2 heterocycles. The molecule has 25 heavy (non-hydrogen) atoms. The first-order valence-electron chi connectivity index (χ1n) is 8.67. The highest BCUT2D eigenvalue weighted by Gasteiger charge is 2.21. The molecule has 1 aromatic heterocycles. The van der Waals surface area contributed by atoms with Gasteiger partial charge in [-0.25, -0.2) is 0 Å². The molecule has 0 N–H and O–H groups in total. The van der Waals surface area contributed by atoms with Crippen LogP contribution in [0.15, 0.2) is 54.6 Å². The maximum atomic E-state index is 4.43. The van der Waals surface area contributed by atoms with Gasteiger partial charge >= 0.3 is 0 Å². The molecule has 0 bridgehead atoms. The van der Waals surface area contributed by atoms with E-state index in [2.05, 4.69) is 75.1 Å². The van der Waals surface area contributed by atoms with Crippen molar-refractivity contribution in [3.63, 3.8) is 0 Å². The first-order valence-corrected chi connectivity index (χ1v) is 8.67. The molecule has 0 atom stereocenters. The fourth-order valence-corrected chi connectivity index (χ4v) is 3.30. The number of hydrogen-bond donors (Lipinski definition) is 0. The van der Waals surface area contributed by atoms with Crippen molar-refractivity contribution in [3.05, 3.63) is 66.0 Å². The minimum Gasteiger partial charge on any atom is -0.378 e. The van der Waals surface area contributed by atoms with Gasteiger partial charge < -0.3 is 9.47 Å². The summed E-state index contributed by atoms with van der Waals surface area (Å²) in [5, 5.41) is 8.85. The fraction of sp³-hybridized carbons (Fsp3) is 0.300. The summed E-state index contributed by atoms with van der Waals surface area (Å²) in [7, 11) is 4.13. The van der Waals surface area contributed by atoms with Crippen LogP contribution < -0.4 is 4.90 Å². The zero-order chi connectivity index (χ0) is 17.2. The van der Waals surface area contributed by atoms with Crippen molar-refractivity contribution in [1.82, 2.24) is 19.7 Å². The lowest BCUT2D eigenvalue weighted by molar-refractivity contribution is 0.209. The van der Waals surface area contributed by atoms with Crippen LogP contribution in [0.3, 0.4) is 0 Å². The molecule has 5 nitrogen and oxygen atoms in total. The molecule has 0 saturated heterocycles. The van der Waals surface area contributed by atoms with Crippen molar-refractivity contribution in [1.29, 1.82) is 0 Å². The predicted molar refractivity (Wildman–Crippen MR) is 100 cm³/mol. The summed E-state index contributed by atoms with van der Waals surface area (Å²) in [6.07, 6.45) is 0. The van der Waals surface area contributed by atoms with Crippen molar-refractivity contribution in [2.75, 3.05) is 25.5 Å². The smallest absolute Gasteiger partial charge is 0.164 e. The molecule has 0 aliphatic carbocycles. The molecule has 1 aliphatic rings. The van der Waals surface area contributed by atoms with Gasteiger partial charge in [0.1, 0.15) is 5.82 Å². The Morgan fingerprint density at radius 2 is 1.68 bits per heavy atom. The lowest BCUT2D eigenvalue weighted by atomic mass is 10.1. The average Bonchev–Trinajstić information content (AvgIpc) is 3.06. The van der Waals surface area contributed by atoms with Crippen LogP contribution in [-0.2, 0) is 19.6 Å². The van der Waals surface area contributed by atoms with E-state index in [1.807, 2.05) is 18.2 Å². The summed E-state index contributed by atoms with van der Waals surface area (Å²) in [6, 6.07) is 19.1. The van der Waals surface area contributed by atoms with Crippen LogP contribution in [0.2, 0.25) is 0 Å². The highest BCUT2D eigenvalue weighted by molar-refractivity contribution is 5.55. The van der Waals surface area contributed by atoms with E-state index in [1.165, 1.54) is 11.3 Å². The van der Waals surface area contributed by atoms with E-state index >= 15 is 0 Å². The highest BCUT2D eigenvalue weighted by atomic mass is 15.3. The van der Waals surface area contributed by atoms with E-state index in [4.69, 9.17) is 0 Å². The Morgan fingerprint density at radius 1 is 0.920 bits per heavy atom. The third kappa shape index (κ3) is 3.28. The molecular formula is C20H23N5. The Hall–Kier alpha value is -2.66. The lowest BCUT2D eigenvalue weighted by Crippen LogP contribution is -2.33. The van der Waals surface area contributed by atoms with Gasteiger partial charge in [0.15, 0.2) is 5.82 Å². The Kier molecular flexibility index (Phi) is 4.24. The molecule has 5 heteroatoms. The largest absolute Gasteiger partial charge is 0.378 e. The number of aromatic nitrogens is 3. The molecule has 0 fully saturated rings. The van der Waals surface area contributed by atoms with Crippen LogP contribution in [0.1, 0.15) is 11.4 Å². The normalized spacial score (nSPS) is 14.3. The molecule has 0 radical (unpaired) electrons. The highest BCUT2D eigenvalue weighted by Crippen LogP contribution is 2.22. The third-order valence-electron chi connectivity index (χ3n) is 4.72. The maximum Gasteiger partial charge on any atom is 0.164 e. The summed E-state index contributed by atoms with van der Waals surface area (Å²) in [4.78, 5) is 4.56. The number of hydrogen-bond acceptors (Lipinski definition) is 4. The Balaban J connectivity index is 1.48. The number of fused-ring (bicyclic) bond motifs is 1. The van der Waals surface area contributed by atoms with Crippen molar-refractivity contribution >= 4 is 5.69 Å². The number of anilines is 1. The molecule has 0 spiro atoms. The van der Waals surface area contributed by atoms with Gasteiger partial charge in [0.2, 0.25) is 0 Å². The molecule has 1 aliphatic heterocycles. The van der Waals surface area contributed by atoms with Crippen molar-refractivity contribution in [2.24, 2.45) is 0 Å². The molecule has 128 valence electrons. The maximum absolute atomic E-state index is 4.43. The quantitative estimate of drug-likeness (QED) is 0.735. The van der Waals surface area contributed by atoms with Crippen LogP contribution in [0.25, 0.3) is 11.4 Å². The number of benzene rings is 2. The fourth-order valence-electron chi connectivity index (χ4n) is 3.30. The Labute approximate surface area is 148 Å². The molecule has 0 amide bonds. The topological polar surface area (TPSA) is 37.2 Å². The van der Waals surface area contributed by atoms with E-state index in [9.17, 15) is 0 Å². The van der Waals surface area contributed by atoms with Crippen LogP contribution >= 0.6 is 0 Å². The van der Waals surface area contributed by atoms with Gasteiger partial charge in [-0.1, -0.05) is 42.5 Å². The van der Waals surface area contributed by atoms with Crippen LogP contribution in [0.4, 0.5) is 5.69 Å². The standard InChI is InChI=1S/C20H23N5/c1-23(2)18-10-8-16(9-11-18)14-24-12-13-25-19(15-24)21-22-20(25)17-6-4-3-5-7-17/h3-11H,12-15H2,1-2H3. The van der Waals surface area contributed by atoms with Gasteiger partial charge in [0, 0.05) is 45.0 Å². The van der Waals surface area contributed by atoms with Crippen LogP contribution in [-0.4, -0.2) is 40.3 Å². The summed E-state index contributed by atoms with van der Waals surface area (Å²) >= 11 is 0. The van der Waals surface area contributed by atoms with Crippen molar-refractivity contribution < 1.29 is 0 Å². The second kappa shape index (κ2) is 6.69. The summed E-state index contributed by atoms with van der Waals surface area (Å²) < 4.78 is 2.25. The van der Waals surface area contributed by atoms with Crippen molar-refractivity contribution in [2.45, 2.75) is 19.6 Å². The second-order valence-electron chi connectivity index (χ2n) is 6.73. The first-order chi connectivity index (χ1) is 12.2. The van der Waals surface area contributed by atoms with E-state index in [-0.39, 0.29) is 0 Å². The molecule has 2 aromatic carbocycles. The van der Waals surface area contributed by atoms with Crippen LogP contribution in [0.5, 0.6) is 0 Å². The summed E-state index contributed by atoms with van der Waals surface area (Å²) in [5.74, 6) is 2.03. The monoisotopic (exact) mass is 333 g/mol. The van der Waals surface area contributed by atoms with Gasteiger partial charge in [0.25, 0.3) is 0 Å². The van der Waals surface area contributed by atoms with Gasteiger partial charge in [0.05, 0.1) is 6.54 Å². The Bertz CT molecular complexity index is 836. The van der Waals surface area contributed by atoms with Crippen molar-refractivity contribution in [3.8, 4) is 11.4 Å². The van der Waals surface area contributed by atoms with Gasteiger partial charge in [-0.2, -0.15) is 0 Å². The first kappa shape index (κ1) is 15.8. The summed E-state index contributed by atoms with van der Waals surface area (Å²) in [6.45, 7) is 3.74. The zero-order valence-electron chi connectivity index (χ0n) is 14.8. The third-order valence-corrected chi connectivity index (χ3v) is 4.72. The van der Waals surface area contributed by atoms with Gasteiger partial charge in [-0.3, -0.25) is 4.90 Å². The van der Waals surface area contributed by atoms with Gasteiger partial charge in [-0.05, 0) is 17.7 Å². The van der Waals surface area contributed by atoms with E-state index < -0.39 is 0 Å². The average molecular weight is 333 g/mol. The minimum absolute atomic E-state index is 0.843. The molecule has 4 rings (SSSR count). The second-order valence-corrected chi connectivity index (χ2v) is 6.73. The molecule has 0 unspecified atom stereocenters. The zero-order valence-corrected chi connectivity index (χ0v) is 14.8. The predicted octanol–water partition coefficient (Wildman–Crippen LogP) is 3.03. The van der Waals surface area contributed by atoms with E-state index in [0.29, 0.717) is 0 Å². The summed E-state index contributed by atoms with van der Waals surface area (Å²) in [5.41, 5.74) is 3.70. The molecule has 3 aromatic rings. The number of rotatable bonds is 4. The Morgan fingerprint density at radius 3 is 2.40 bits per heavy atom. The number of nitrogens with zero attached hydrogens (tertiary/aromatic N) is 5. The SMILES string of the molecule is CN(C)c1ccc(CN2CCn3c(nnc3-c3ccccc3)C2)cc1. The van der Waals surface area contributed by atoms with E-state index in [1.54, 1.807) is 0 Å². The van der Waals surface area contributed by atoms with Gasteiger partial charge in [-0.15, -0.1) is 10.2 Å². The van der Waals surface area contributed by atoms with E-state index in [0.717, 1.165) is 43.4 Å². The minimum atomic E-state index is 0.843. The van der Waals surface area contributed by atoms with Crippen LogP contribution in [0, 0.1) is 0 Å². The molecule has 0 saturated carbocycles. The lowest BCUT2D eigenvalue weighted by Gasteiger charge is -2.28. The molecular weight excluding hydrogens is 310 g/mol.